The van der Waals surface area contributed by atoms with E-state index in [2.05, 4.69) is 15.3 Å². The molecule has 2 aliphatic carbocycles. The Kier molecular flexibility index (Phi) is 5.27. The first kappa shape index (κ1) is 17.6. The van der Waals surface area contributed by atoms with E-state index < -0.39 is 0 Å². The summed E-state index contributed by atoms with van der Waals surface area (Å²) in [5, 5.41) is 2.88. The van der Waals surface area contributed by atoms with E-state index in [-0.39, 0.29) is 24.4 Å². The Bertz CT molecular complexity index is 650. The molecule has 1 saturated heterocycles. The maximum atomic E-state index is 12.8. The molecule has 6 heteroatoms. The summed E-state index contributed by atoms with van der Waals surface area (Å²) in [6.45, 7) is 0.945. The Morgan fingerprint density at radius 3 is 2.85 bits per heavy atom. The van der Waals surface area contributed by atoms with Gasteiger partial charge in [0.25, 0.3) is 0 Å². The van der Waals surface area contributed by atoms with Crippen molar-refractivity contribution in [1.29, 1.82) is 0 Å². The Morgan fingerprint density at radius 2 is 2.00 bits per heavy atom. The second-order valence-corrected chi connectivity index (χ2v) is 8.19. The molecule has 142 valence electrons. The summed E-state index contributed by atoms with van der Waals surface area (Å²) in [5.74, 6) is 0.961. The number of fused-ring (bicyclic) bond motifs is 3. The molecule has 2 fully saturated rings. The van der Waals surface area contributed by atoms with E-state index >= 15 is 0 Å². The fourth-order valence-electron chi connectivity index (χ4n) is 5.19. The lowest BCUT2D eigenvalue weighted by atomic mass is 9.78. The number of imidazole rings is 1. The van der Waals surface area contributed by atoms with Gasteiger partial charge in [-0.15, -0.1) is 0 Å². The van der Waals surface area contributed by atoms with Crippen LogP contribution >= 0.6 is 0 Å². The summed E-state index contributed by atoms with van der Waals surface area (Å²) in [4.78, 5) is 34.8. The molecule has 1 saturated carbocycles. The predicted molar refractivity (Wildman–Crippen MR) is 98.6 cm³/mol. The van der Waals surface area contributed by atoms with Crippen molar-refractivity contribution >= 4 is 11.8 Å². The van der Waals surface area contributed by atoms with Crippen LogP contribution < -0.4 is 5.32 Å². The second kappa shape index (κ2) is 7.80. The van der Waals surface area contributed by atoms with Crippen molar-refractivity contribution in [2.45, 2.75) is 76.2 Å². The first-order valence-electron chi connectivity index (χ1n) is 10.3. The lowest BCUT2D eigenvalue weighted by Gasteiger charge is -2.43. The topological polar surface area (TPSA) is 78.1 Å². The third-order valence-corrected chi connectivity index (χ3v) is 6.53. The van der Waals surface area contributed by atoms with Gasteiger partial charge in [0, 0.05) is 30.6 Å². The van der Waals surface area contributed by atoms with Gasteiger partial charge < -0.3 is 15.2 Å². The van der Waals surface area contributed by atoms with Gasteiger partial charge in [0.2, 0.25) is 11.8 Å². The lowest BCUT2D eigenvalue weighted by Crippen LogP contribution is -2.52. The highest BCUT2D eigenvalue weighted by Crippen LogP contribution is 2.39. The number of nitrogens with one attached hydrogen (secondary N) is 2. The van der Waals surface area contributed by atoms with Crippen molar-refractivity contribution in [3.63, 3.8) is 0 Å². The number of rotatable bonds is 4. The van der Waals surface area contributed by atoms with Crippen LogP contribution in [-0.2, 0) is 16.0 Å². The van der Waals surface area contributed by atoms with Crippen LogP contribution in [0, 0.1) is 5.92 Å². The van der Waals surface area contributed by atoms with E-state index in [4.69, 9.17) is 0 Å². The Labute approximate surface area is 155 Å². The van der Waals surface area contributed by atoms with Gasteiger partial charge in [-0.1, -0.05) is 19.3 Å². The van der Waals surface area contributed by atoms with Crippen molar-refractivity contribution in [2.75, 3.05) is 13.1 Å². The van der Waals surface area contributed by atoms with Crippen LogP contribution in [0.1, 0.15) is 75.1 Å². The molecule has 0 aromatic carbocycles. The number of likely N-dealkylation sites (tertiary alicyclic amines) is 1. The minimum atomic E-state index is 0.0389. The first-order chi connectivity index (χ1) is 12.7. The average Bonchev–Trinajstić information content (AvgIpc) is 3.16. The van der Waals surface area contributed by atoms with Crippen LogP contribution in [0.5, 0.6) is 0 Å². The molecule has 0 bridgehead atoms. The van der Waals surface area contributed by atoms with Crippen LogP contribution in [-0.4, -0.2) is 45.8 Å². The molecule has 6 nitrogen and oxygen atoms in total. The number of hydrogen-bond acceptors (Lipinski definition) is 3. The quantitative estimate of drug-likeness (QED) is 0.868. The highest BCUT2D eigenvalue weighted by atomic mass is 16.2. The van der Waals surface area contributed by atoms with Gasteiger partial charge >= 0.3 is 0 Å². The van der Waals surface area contributed by atoms with E-state index in [1.165, 1.54) is 25.0 Å². The summed E-state index contributed by atoms with van der Waals surface area (Å²) in [7, 11) is 0. The molecule has 0 spiro atoms. The Morgan fingerprint density at radius 1 is 1.15 bits per heavy atom. The number of carbonyl (C=O) groups is 2. The summed E-state index contributed by atoms with van der Waals surface area (Å²) < 4.78 is 0. The number of nitrogens with zero attached hydrogens (tertiary/aromatic N) is 2. The second-order valence-electron chi connectivity index (χ2n) is 8.19. The van der Waals surface area contributed by atoms with Crippen molar-refractivity contribution in [3.05, 3.63) is 17.7 Å². The van der Waals surface area contributed by atoms with Crippen molar-refractivity contribution in [2.24, 2.45) is 5.92 Å². The lowest BCUT2D eigenvalue weighted by molar-refractivity contribution is -0.137. The Balaban J connectivity index is 1.31. The number of H-pyrrole nitrogens is 1. The van der Waals surface area contributed by atoms with E-state index in [1.807, 2.05) is 4.90 Å². The normalized spacial score (nSPS) is 26.1. The van der Waals surface area contributed by atoms with Crippen molar-refractivity contribution in [1.82, 2.24) is 20.2 Å². The largest absolute Gasteiger partial charge is 0.348 e. The molecule has 1 aromatic heterocycles. The Hall–Kier alpha value is -1.85. The highest BCUT2D eigenvalue weighted by molar-refractivity contribution is 5.85. The molecule has 1 aromatic rings. The molecule has 3 aliphatic rings. The van der Waals surface area contributed by atoms with E-state index in [9.17, 15) is 9.59 Å². The van der Waals surface area contributed by atoms with Crippen LogP contribution in [0.25, 0.3) is 0 Å². The zero-order chi connectivity index (χ0) is 17.9. The standard InChI is InChI=1S/C20H30N4O2/c25-18(11-14-5-2-1-3-6-14)21-12-19(26)24-10-4-7-15-17(24)9-8-16-20(15)23-13-22-16/h13-15,17H,1-12H2,(H,21,25)(H,22,23). The minimum Gasteiger partial charge on any atom is -0.348 e. The SMILES string of the molecule is O=C(CC1CCCCC1)NCC(=O)N1CCCC2c3nc[nH]c3CCC21. The molecule has 2 atom stereocenters. The molecule has 2 N–H and O–H groups in total. The van der Waals surface area contributed by atoms with Gasteiger partial charge in [0.1, 0.15) is 0 Å². The van der Waals surface area contributed by atoms with E-state index in [1.54, 1.807) is 6.33 Å². The van der Waals surface area contributed by atoms with Crippen LogP contribution in [0.4, 0.5) is 0 Å². The molecule has 4 rings (SSSR count). The van der Waals surface area contributed by atoms with Crippen molar-refractivity contribution in [3.8, 4) is 0 Å². The summed E-state index contributed by atoms with van der Waals surface area (Å²) in [6, 6.07) is 0.238. The maximum Gasteiger partial charge on any atom is 0.242 e. The summed E-state index contributed by atoms with van der Waals surface area (Å²) in [5.41, 5.74) is 2.39. The van der Waals surface area contributed by atoms with Gasteiger partial charge in [-0.3, -0.25) is 9.59 Å². The van der Waals surface area contributed by atoms with E-state index in [0.717, 1.165) is 50.8 Å². The van der Waals surface area contributed by atoms with Gasteiger partial charge in [0.15, 0.2) is 0 Å². The van der Waals surface area contributed by atoms with E-state index in [0.29, 0.717) is 18.3 Å². The molecule has 2 heterocycles. The zero-order valence-corrected chi connectivity index (χ0v) is 15.5. The zero-order valence-electron chi connectivity index (χ0n) is 15.5. The third-order valence-electron chi connectivity index (χ3n) is 6.53. The average molecular weight is 358 g/mol. The molecule has 2 amide bonds. The molecule has 26 heavy (non-hydrogen) atoms. The number of piperidine rings is 1. The van der Waals surface area contributed by atoms with Crippen LogP contribution in [0.2, 0.25) is 0 Å². The number of aryl methyl sites for hydroxylation is 1. The summed E-state index contributed by atoms with van der Waals surface area (Å²) >= 11 is 0. The highest BCUT2D eigenvalue weighted by Gasteiger charge is 2.39. The van der Waals surface area contributed by atoms with Gasteiger partial charge in [0.05, 0.1) is 18.6 Å². The predicted octanol–water partition coefficient (Wildman–Crippen LogP) is 2.52. The van der Waals surface area contributed by atoms with Gasteiger partial charge in [-0.25, -0.2) is 4.98 Å². The molecular formula is C20H30N4O2. The number of hydrogen-bond donors (Lipinski definition) is 2. The number of aromatic nitrogens is 2. The van der Waals surface area contributed by atoms with Gasteiger partial charge in [-0.2, -0.15) is 0 Å². The van der Waals surface area contributed by atoms with Crippen molar-refractivity contribution < 1.29 is 9.59 Å². The fraction of sp³-hybridized carbons (Fsp3) is 0.750. The smallest absolute Gasteiger partial charge is 0.242 e. The first-order valence-corrected chi connectivity index (χ1v) is 10.3. The molecule has 1 aliphatic heterocycles. The van der Waals surface area contributed by atoms with Crippen LogP contribution in [0.15, 0.2) is 6.33 Å². The number of carbonyl (C=O) groups excluding carboxylic acids is 2. The monoisotopic (exact) mass is 358 g/mol. The molecule has 2 unspecified atom stereocenters. The molecule has 0 radical (unpaired) electrons. The number of amides is 2. The minimum absolute atomic E-state index is 0.0389. The summed E-state index contributed by atoms with van der Waals surface area (Å²) in [6.07, 6.45) is 12.5. The third kappa shape index (κ3) is 3.64. The van der Waals surface area contributed by atoms with Crippen LogP contribution in [0.3, 0.4) is 0 Å². The fourth-order valence-corrected chi connectivity index (χ4v) is 5.19. The number of aromatic amines is 1. The van der Waals surface area contributed by atoms with Gasteiger partial charge in [-0.05, 0) is 44.4 Å². The maximum absolute atomic E-state index is 12.8. The molecular weight excluding hydrogens is 328 g/mol.